The van der Waals surface area contributed by atoms with Crippen molar-refractivity contribution in [3.63, 3.8) is 0 Å². The van der Waals surface area contributed by atoms with Crippen LogP contribution in [0.2, 0.25) is 0 Å². The van der Waals surface area contributed by atoms with Crippen molar-refractivity contribution in [3.05, 3.63) is 71.3 Å². The zero-order chi connectivity index (χ0) is 63.2. The Kier molecular flexibility index (Phi) is 20.3. The number of aliphatic hydroxyl groups excluding tert-OH is 2. The van der Waals surface area contributed by atoms with Crippen LogP contribution in [0.4, 0.5) is 27.0 Å². The lowest BCUT2D eigenvalue weighted by Gasteiger charge is -2.27. The first kappa shape index (κ1) is 64.6. The third-order valence-electron chi connectivity index (χ3n) is 14.7. The summed E-state index contributed by atoms with van der Waals surface area (Å²) in [7, 11) is -8.42. The molecule has 5 aromatic rings. The zero-order valence-electron chi connectivity index (χ0n) is 48.0. The number of aromatic nitrogens is 8. The number of carbonyl (C=O) groups is 7. The molecule has 2 bridgehead atoms. The molecule has 474 valence electrons. The van der Waals surface area contributed by atoms with Crippen molar-refractivity contribution in [2.75, 3.05) is 56.0 Å². The summed E-state index contributed by atoms with van der Waals surface area (Å²) in [6.45, 7) is 4.71. The van der Waals surface area contributed by atoms with Crippen molar-refractivity contribution in [3.8, 4) is 0 Å². The number of carbonyl (C=O) groups excluding carboxylic acids is 7. The molecule has 8 heterocycles. The Labute approximate surface area is 500 Å². The predicted molar refractivity (Wildman–Crippen MR) is 306 cm³/mol. The van der Waals surface area contributed by atoms with Crippen molar-refractivity contribution in [2.24, 2.45) is 17.6 Å². The van der Waals surface area contributed by atoms with Gasteiger partial charge in [0.25, 0.3) is 17.4 Å². The summed E-state index contributed by atoms with van der Waals surface area (Å²) in [5.41, 5.74) is 11.1. The van der Waals surface area contributed by atoms with Crippen molar-refractivity contribution < 1.29 is 85.2 Å². The lowest BCUT2D eigenvalue weighted by atomic mass is 9.89. The Balaban J connectivity index is 0.797. The minimum Gasteiger partial charge on any atom is -0.444 e. The standard InChI is InChI=1S/C52H67N15O19P2/c1-26(2)36(61-33(69)10-6-5-7-18-65-34(70)15-16-35(65)71)30(68)19-28(9-8-17-55-51(54)76)46(74)60-29-13-11-27(12-14-29)20-80-52(77)62-43-37-44(57-23-56-43)66(24-58-37)49-42-39(72)31(83-49)21-81-87(3,78)85-41-32(22-82-88(4,79)86-42)84-48(40(41)73)67-25-59-38-45(67)63-50(53)64-47(38)75/h11-16,23-26,28,31-32,36,39-42,48-49,72-73H,5-10,17-22H2,1-4H3,(H,60,74)(H,61,69)(H3,54,55,76)(H3,53,63,64,75)(H,56,57,62,77)/t28-,31-,32-,36+,39?,40?,41+,42+,48-,49-,87?,88?/m1/s1. The Morgan fingerprint density at radius 1 is 0.807 bits per heavy atom. The van der Waals surface area contributed by atoms with Gasteiger partial charge in [-0.25, -0.2) is 29.5 Å². The molecule has 3 saturated heterocycles. The fraction of sp³-hybridized carbons (Fsp3) is 0.519. The maximum Gasteiger partial charge on any atom is 0.413 e. The van der Waals surface area contributed by atoms with Crippen LogP contribution in [-0.2, 0) is 72.0 Å². The van der Waals surface area contributed by atoms with Gasteiger partial charge < -0.3 is 60.9 Å². The maximum atomic E-state index is 14.2. The van der Waals surface area contributed by atoms with Gasteiger partial charge in [-0.2, -0.15) is 4.98 Å². The number of nitrogen functional groups attached to an aromatic ring is 1. The van der Waals surface area contributed by atoms with Crippen LogP contribution in [0.15, 0.2) is 60.2 Å². The van der Waals surface area contributed by atoms with E-state index in [1.165, 1.54) is 33.9 Å². The minimum absolute atomic E-state index is 0.0156. The van der Waals surface area contributed by atoms with Crippen LogP contribution in [0.3, 0.4) is 0 Å². The van der Waals surface area contributed by atoms with Gasteiger partial charge in [0.2, 0.25) is 17.8 Å². The van der Waals surface area contributed by atoms with E-state index in [4.69, 9.17) is 43.8 Å². The first-order valence-corrected chi connectivity index (χ1v) is 31.9. The van der Waals surface area contributed by atoms with Gasteiger partial charge in [0.05, 0.1) is 31.9 Å². The number of aromatic amines is 1. The number of hydrogen-bond donors (Lipinski definition) is 9. The van der Waals surface area contributed by atoms with E-state index < -0.39 is 113 Å². The molecular weight excluding hydrogens is 1200 g/mol. The van der Waals surface area contributed by atoms with E-state index in [9.17, 15) is 57.7 Å². The summed E-state index contributed by atoms with van der Waals surface area (Å²) in [5.74, 6) is -3.55. The second-order valence-corrected chi connectivity index (χ2v) is 25.7. The molecule has 4 aromatic heterocycles. The molecule has 36 heteroatoms. The Hall–Kier alpha value is -7.91. The number of ketones is 1. The molecule has 0 spiro atoms. The van der Waals surface area contributed by atoms with E-state index >= 15 is 0 Å². The van der Waals surface area contributed by atoms with Gasteiger partial charge in [-0.1, -0.05) is 32.4 Å². The monoisotopic (exact) mass is 1270 g/mol. The average molecular weight is 1270 g/mol. The molecule has 4 unspecified atom stereocenters. The van der Waals surface area contributed by atoms with Crippen LogP contribution in [-0.4, -0.2) is 178 Å². The molecule has 4 aliphatic heterocycles. The van der Waals surface area contributed by atoms with Gasteiger partial charge in [0, 0.05) is 63.0 Å². The molecule has 1 aromatic carbocycles. The topological polar surface area (TPSA) is 469 Å². The summed E-state index contributed by atoms with van der Waals surface area (Å²) < 4.78 is 71.7. The summed E-state index contributed by atoms with van der Waals surface area (Å²) >= 11 is 0. The van der Waals surface area contributed by atoms with Crippen LogP contribution in [0.5, 0.6) is 0 Å². The van der Waals surface area contributed by atoms with Crippen molar-refractivity contribution in [1.29, 1.82) is 0 Å². The van der Waals surface area contributed by atoms with E-state index in [0.29, 0.717) is 36.9 Å². The fourth-order valence-electron chi connectivity index (χ4n) is 10.3. The lowest BCUT2D eigenvalue weighted by Crippen LogP contribution is -2.45. The number of unbranched alkanes of at least 4 members (excludes halogenated alkanes) is 2. The molecule has 0 saturated carbocycles. The predicted octanol–water partition coefficient (Wildman–Crippen LogP) is 1.86. The molecule has 88 heavy (non-hydrogen) atoms. The summed E-state index contributed by atoms with van der Waals surface area (Å²) in [5, 5.41) is 33.7. The number of rotatable bonds is 22. The number of imide groups is 1. The third kappa shape index (κ3) is 15.5. The van der Waals surface area contributed by atoms with Crippen molar-refractivity contribution in [2.45, 2.75) is 121 Å². The number of ether oxygens (including phenoxy) is 3. The van der Waals surface area contributed by atoms with Gasteiger partial charge in [-0.15, -0.1) is 0 Å². The highest BCUT2D eigenvalue weighted by atomic mass is 31.2. The number of amides is 7. The number of H-pyrrole nitrogens is 1. The molecule has 3 fully saturated rings. The average Bonchev–Trinajstić information content (AvgIpc) is 1.69. The number of nitrogens with zero attached hydrogens (tertiary/aromatic N) is 8. The van der Waals surface area contributed by atoms with Gasteiger partial charge in [-0.3, -0.25) is 71.3 Å². The van der Waals surface area contributed by atoms with Gasteiger partial charge >= 0.3 is 27.3 Å². The molecule has 7 amide bonds. The van der Waals surface area contributed by atoms with Crippen molar-refractivity contribution in [1.82, 2.24) is 54.6 Å². The quantitative estimate of drug-likeness (QED) is 0.0271. The lowest BCUT2D eigenvalue weighted by molar-refractivity contribution is -0.137. The van der Waals surface area contributed by atoms with Gasteiger partial charge in [0.1, 0.15) is 49.6 Å². The zero-order valence-corrected chi connectivity index (χ0v) is 49.8. The van der Waals surface area contributed by atoms with Crippen LogP contribution in [0.25, 0.3) is 22.3 Å². The smallest absolute Gasteiger partial charge is 0.413 e. The third-order valence-corrected chi connectivity index (χ3v) is 17.2. The van der Waals surface area contributed by atoms with Gasteiger partial charge in [-0.05, 0) is 49.3 Å². The highest BCUT2D eigenvalue weighted by Crippen LogP contribution is 2.54. The van der Waals surface area contributed by atoms with Crippen LogP contribution >= 0.6 is 15.2 Å². The molecular formula is C52H67N15O19P2. The summed E-state index contributed by atoms with van der Waals surface area (Å²) in [4.78, 5) is 126. The number of primary amides is 1. The van der Waals surface area contributed by atoms with Crippen LogP contribution in [0, 0.1) is 11.8 Å². The van der Waals surface area contributed by atoms with Crippen LogP contribution in [0.1, 0.15) is 76.8 Å². The number of Topliss-reactive ketones (excluding diaryl/α,β-unsaturated/α-hetero) is 1. The Bertz CT molecular complexity index is 3620. The molecule has 11 N–H and O–H groups in total. The number of fused-ring (bicyclic) bond motifs is 5. The molecule has 0 radical (unpaired) electrons. The minimum atomic E-state index is -4.24. The first-order chi connectivity index (χ1) is 41.8. The largest absolute Gasteiger partial charge is 0.444 e. The number of anilines is 3. The highest BCUT2D eigenvalue weighted by molar-refractivity contribution is 7.53. The number of urea groups is 1. The summed E-state index contributed by atoms with van der Waals surface area (Å²) in [6.07, 6.45) is -4.73. The van der Waals surface area contributed by atoms with E-state index in [0.717, 1.165) is 24.6 Å². The highest BCUT2D eigenvalue weighted by Gasteiger charge is 2.53. The van der Waals surface area contributed by atoms with Gasteiger partial charge in [0.15, 0.2) is 46.4 Å². The molecule has 34 nitrogen and oxygen atoms in total. The number of nitrogens with one attached hydrogen (secondary N) is 5. The number of hydrogen-bond acceptors (Lipinski definition) is 25. The molecule has 9 rings (SSSR count). The molecule has 4 aliphatic rings. The van der Waals surface area contributed by atoms with E-state index in [-0.39, 0.29) is 102 Å². The normalized spacial score (nSPS) is 26.2. The summed E-state index contributed by atoms with van der Waals surface area (Å²) in [6, 6.07) is 4.64. The number of benzene rings is 1. The molecule has 0 aliphatic carbocycles. The fourth-order valence-corrected chi connectivity index (χ4v) is 12.6. The first-order valence-electron chi connectivity index (χ1n) is 28.0. The molecule has 12 atom stereocenters. The SMILES string of the molecule is CC(C)[C@H](NC(=O)CCCCCN1C(=O)C=CC1=O)C(=O)C[C@@H](CCCNC(N)=O)C(=O)Nc1ccc(COC(=O)Nc2ncnc3c2ncn3[C@@H]2O[C@@H]3COP(C)(=O)O[C@@H]4C(O)[C@H](n5cnc6c(=O)[nH]c(N)nc65)O[C@@H]4COP(C)(=O)O[C@H]2C3O)cc1. The van der Waals surface area contributed by atoms with Crippen LogP contribution < -0.4 is 38.3 Å². The van der Waals surface area contributed by atoms with E-state index in [2.05, 4.69) is 51.2 Å². The Morgan fingerprint density at radius 2 is 1.47 bits per heavy atom. The van der Waals surface area contributed by atoms with E-state index in [1.807, 2.05) is 0 Å². The van der Waals surface area contributed by atoms with E-state index in [1.54, 1.807) is 38.1 Å². The number of imidazole rings is 2. The maximum absolute atomic E-state index is 14.2. The number of aliphatic hydroxyl groups is 2. The van der Waals surface area contributed by atoms with Crippen molar-refractivity contribution >= 4 is 96.5 Å². The Morgan fingerprint density at radius 3 is 2.16 bits per heavy atom. The second-order valence-electron chi connectivity index (χ2n) is 21.7. The number of nitrogens with two attached hydrogens (primary N) is 2. The second kappa shape index (κ2) is 27.6.